The van der Waals surface area contributed by atoms with Crippen LogP contribution in [0.2, 0.25) is 5.02 Å². The molecule has 0 saturated heterocycles. The van der Waals surface area contributed by atoms with Gasteiger partial charge in [-0.3, -0.25) is 0 Å². The summed E-state index contributed by atoms with van der Waals surface area (Å²) in [6.07, 6.45) is 1.64. The third-order valence-corrected chi connectivity index (χ3v) is 7.24. The van der Waals surface area contributed by atoms with Crippen molar-refractivity contribution in [3.05, 3.63) is 107 Å². The van der Waals surface area contributed by atoms with Crippen molar-refractivity contribution in [1.82, 2.24) is 19.6 Å². The number of halogens is 1. The van der Waals surface area contributed by atoms with Gasteiger partial charge in [0.25, 0.3) is 0 Å². The third-order valence-electron chi connectivity index (χ3n) is 6.93. The molecular weight excluding hydrogens is 500 g/mol. The standard InChI is InChI=1S/C30H21ClN4O3/c1-36-23-13-12-18(14-24(23)37-2)25-21-15-22(31)19-10-6-7-11-20(19)27(21)38-30-26(25)29-33-28(34-35(29)16-32-30)17-8-4-3-5-9-17/h3-16,25H,1-2H3/t25-/m0/s1. The van der Waals surface area contributed by atoms with Crippen molar-refractivity contribution in [3.63, 3.8) is 0 Å². The molecule has 1 atom stereocenters. The van der Waals surface area contributed by atoms with Crippen LogP contribution in [0.15, 0.2) is 85.2 Å². The molecule has 0 spiro atoms. The van der Waals surface area contributed by atoms with Gasteiger partial charge in [-0.2, -0.15) is 0 Å². The van der Waals surface area contributed by atoms with E-state index in [-0.39, 0.29) is 5.92 Å². The smallest absolute Gasteiger partial charge is 0.228 e. The fourth-order valence-corrected chi connectivity index (χ4v) is 5.47. The summed E-state index contributed by atoms with van der Waals surface area (Å²) < 4.78 is 19.4. The first-order chi connectivity index (χ1) is 18.7. The van der Waals surface area contributed by atoms with Gasteiger partial charge in [-0.15, -0.1) is 5.10 Å². The van der Waals surface area contributed by atoms with E-state index < -0.39 is 0 Å². The Morgan fingerprint density at radius 1 is 0.868 bits per heavy atom. The lowest BCUT2D eigenvalue weighted by atomic mass is 9.82. The lowest BCUT2D eigenvalue weighted by Crippen LogP contribution is -2.15. The summed E-state index contributed by atoms with van der Waals surface area (Å²) in [5, 5.41) is 7.19. The molecule has 1 aliphatic rings. The normalized spacial score (nSPS) is 14.1. The Kier molecular flexibility index (Phi) is 5.19. The molecule has 0 unspecified atom stereocenters. The highest BCUT2D eigenvalue weighted by molar-refractivity contribution is 6.36. The van der Waals surface area contributed by atoms with Crippen molar-refractivity contribution >= 4 is 28.0 Å². The molecule has 1 aliphatic heterocycles. The number of nitrogens with zero attached hydrogens (tertiary/aromatic N) is 4. The Morgan fingerprint density at radius 3 is 2.42 bits per heavy atom. The Morgan fingerprint density at radius 2 is 1.63 bits per heavy atom. The van der Waals surface area contributed by atoms with Crippen LogP contribution in [0, 0.1) is 0 Å². The van der Waals surface area contributed by atoms with Crippen LogP contribution in [0.25, 0.3) is 27.8 Å². The summed E-state index contributed by atoms with van der Waals surface area (Å²) in [6.45, 7) is 0. The van der Waals surface area contributed by atoms with Crippen LogP contribution in [0.5, 0.6) is 23.1 Å². The Bertz CT molecular complexity index is 1850. The molecule has 7 rings (SSSR count). The first-order valence-electron chi connectivity index (χ1n) is 12.1. The fraction of sp³-hybridized carbons (Fsp3) is 0.100. The van der Waals surface area contributed by atoms with E-state index in [1.165, 1.54) is 0 Å². The molecule has 4 aromatic carbocycles. The number of benzene rings is 4. The van der Waals surface area contributed by atoms with Gasteiger partial charge in [-0.25, -0.2) is 14.5 Å². The number of fused-ring (bicyclic) bond motifs is 6. The van der Waals surface area contributed by atoms with Crippen molar-refractivity contribution in [2.75, 3.05) is 14.2 Å². The molecule has 0 radical (unpaired) electrons. The van der Waals surface area contributed by atoms with Crippen LogP contribution in [0.4, 0.5) is 0 Å². The third kappa shape index (κ3) is 3.39. The average Bonchev–Trinajstić information content (AvgIpc) is 3.41. The maximum Gasteiger partial charge on any atom is 0.228 e. The summed E-state index contributed by atoms with van der Waals surface area (Å²) in [6, 6.07) is 25.7. The van der Waals surface area contributed by atoms with E-state index in [4.69, 9.17) is 35.9 Å². The Labute approximate surface area is 223 Å². The van der Waals surface area contributed by atoms with Gasteiger partial charge < -0.3 is 14.2 Å². The van der Waals surface area contributed by atoms with Crippen LogP contribution >= 0.6 is 11.6 Å². The van der Waals surface area contributed by atoms with Gasteiger partial charge in [0.15, 0.2) is 23.0 Å². The van der Waals surface area contributed by atoms with E-state index >= 15 is 0 Å². The summed E-state index contributed by atoms with van der Waals surface area (Å²) in [5.41, 5.74) is 4.24. The van der Waals surface area contributed by atoms with E-state index in [9.17, 15) is 0 Å². The minimum atomic E-state index is -0.306. The predicted octanol–water partition coefficient (Wildman–Crippen LogP) is 6.90. The highest BCUT2D eigenvalue weighted by atomic mass is 35.5. The first-order valence-corrected chi connectivity index (χ1v) is 12.5. The SMILES string of the molecule is COc1ccc([C@H]2c3cc(Cl)c4ccccc4c3Oc3ncn4nc(-c5ccccc5)nc4c32)cc1OC. The molecule has 0 aliphatic carbocycles. The van der Waals surface area contributed by atoms with Gasteiger partial charge in [-0.1, -0.05) is 72.3 Å². The number of rotatable bonds is 4. The highest BCUT2D eigenvalue weighted by Crippen LogP contribution is 2.52. The van der Waals surface area contributed by atoms with Crippen molar-refractivity contribution in [3.8, 4) is 34.5 Å². The van der Waals surface area contributed by atoms with Crippen LogP contribution in [0.3, 0.4) is 0 Å². The molecule has 0 bridgehead atoms. The number of methoxy groups -OCH3 is 2. The van der Waals surface area contributed by atoms with E-state index in [1.54, 1.807) is 25.1 Å². The molecule has 3 heterocycles. The zero-order valence-corrected chi connectivity index (χ0v) is 21.3. The second-order valence-electron chi connectivity index (χ2n) is 9.00. The second-order valence-corrected chi connectivity index (χ2v) is 9.41. The molecule has 186 valence electrons. The topological polar surface area (TPSA) is 70.8 Å². The number of hydrogen-bond acceptors (Lipinski definition) is 6. The Balaban J connectivity index is 1.54. The fourth-order valence-electron chi connectivity index (χ4n) is 5.19. The summed E-state index contributed by atoms with van der Waals surface area (Å²) in [5.74, 6) is 2.76. The van der Waals surface area contributed by atoms with Gasteiger partial charge >= 0.3 is 0 Å². The molecule has 0 saturated carbocycles. The summed E-state index contributed by atoms with van der Waals surface area (Å²) in [7, 11) is 3.25. The van der Waals surface area contributed by atoms with Crippen LogP contribution < -0.4 is 14.2 Å². The Hall–Kier alpha value is -4.62. The second kappa shape index (κ2) is 8.75. The van der Waals surface area contributed by atoms with Crippen LogP contribution in [0.1, 0.15) is 22.6 Å². The van der Waals surface area contributed by atoms with Crippen LogP contribution in [-0.2, 0) is 0 Å². The monoisotopic (exact) mass is 520 g/mol. The molecule has 6 aromatic rings. The molecule has 38 heavy (non-hydrogen) atoms. The van der Waals surface area contributed by atoms with Crippen molar-refractivity contribution in [2.24, 2.45) is 0 Å². The van der Waals surface area contributed by atoms with E-state index in [2.05, 4.69) is 4.98 Å². The number of hydrogen-bond donors (Lipinski definition) is 0. The van der Waals surface area contributed by atoms with E-state index in [1.807, 2.05) is 78.9 Å². The zero-order chi connectivity index (χ0) is 25.8. The maximum atomic E-state index is 6.83. The molecule has 8 heteroatoms. The lowest BCUT2D eigenvalue weighted by Gasteiger charge is -2.29. The van der Waals surface area contributed by atoms with E-state index in [0.717, 1.165) is 38.8 Å². The maximum absolute atomic E-state index is 6.83. The van der Waals surface area contributed by atoms with Crippen molar-refractivity contribution in [1.29, 1.82) is 0 Å². The summed E-state index contributed by atoms with van der Waals surface area (Å²) >= 11 is 6.83. The minimum Gasteiger partial charge on any atom is -0.493 e. The van der Waals surface area contributed by atoms with E-state index in [0.29, 0.717) is 33.9 Å². The number of ether oxygens (including phenoxy) is 3. The van der Waals surface area contributed by atoms with Gasteiger partial charge in [0.05, 0.1) is 19.8 Å². The van der Waals surface area contributed by atoms with Crippen molar-refractivity contribution in [2.45, 2.75) is 5.92 Å². The van der Waals surface area contributed by atoms with Gasteiger partial charge in [0.1, 0.15) is 12.1 Å². The highest BCUT2D eigenvalue weighted by Gasteiger charge is 2.35. The molecule has 0 N–H and O–H groups in total. The quantitative estimate of drug-likeness (QED) is 0.251. The zero-order valence-electron chi connectivity index (χ0n) is 20.6. The number of aromatic nitrogens is 4. The molecule has 0 fully saturated rings. The van der Waals surface area contributed by atoms with Gasteiger partial charge in [0, 0.05) is 32.8 Å². The predicted molar refractivity (Wildman–Crippen MR) is 146 cm³/mol. The average molecular weight is 521 g/mol. The van der Waals surface area contributed by atoms with Crippen molar-refractivity contribution < 1.29 is 14.2 Å². The summed E-state index contributed by atoms with van der Waals surface area (Å²) in [4.78, 5) is 9.63. The minimum absolute atomic E-state index is 0.306. The van der Waals surface area contributed by atoms with Gasteiger partial charge in [-0.05, 0) is 23.8 Å². The molecule has 0 amide bonds. The molecular formula is C30H21ClN4O3. The van der Waals surface area contributed by atoms with Gasteiger partial charge in [0.2, 0.25) is 5.88 Å². The molecule has 7 nitrogen and oxygen atoms in total. The van der Waals surface area contributed by atoms with Crippen LogP contribution in [-0.4, -0.2) is 33.8 Å². The lowest BCUT2D eigenvalue weighted by molar-refractivity contribution is 0.354. The molecule has 2 aromatic heterocycles. The first kappa shape index (κ1) is 22.6. The largest absolute Gasteiger partial charge is 0.493 e.